The first-order valence-corrected chi connectivity index (χ1v) is 11.0. The van der Waals surface area contributed by atoms with E-state index in [9.17, 15) is 4.79 Å². The number of hydrogen-bond donors (Lipinski definition) is 0. The van der Waals surface area contributed by atoms with Crippen LogP contribution in [0.2, 0.25) is 0 Å². The number of carbonyl (C=O) groups excluding carboxylic acids is 1. The zero-order chi connectivity index (χ0) is 20.4. The van der Waals surface area contributed by atoms with Crippen molar-refractivity contribution in [3.8, 4) is 0 Å². The van der Waals surface area contributed by atoms with Crippen LogP contribution in [0.25, 0.3) is 0 Å². The molecule has 0 bridgehead atoms. The largest absolute Gasteiger partial charge is 0.336 e. The van der Waals surface area contributed by atoms with E-state index in [0.29, 0.717) is 24.7 Å². The number of nitrogens with zero attached hydrogens (tertiary/aromatic N) is 5. The molecule has 2 aliphatic heterocycles. The molecule has 1 aromatic heterocycles. The number of likely N-dealkylation sites (N-methyl/N-ethyl adjacent to an activating group) is 1. The Morgan fingerprint density at radius 2 is 1.90 bits per heavy atom. The third-order valence-electron chi connectivity index (χ3n) is 6.74. The number of amides is 1. The molecule has 2 aromatic rings. The smallest absolute Gasteiger partial charge is 0.244 e. The predicted octanol–water partition coefficient (Wildman–Crippen LogP) is 2.98. The van der Waals surface area contributed by atoms with Crippen molar-refractivity contribution >= 4 is 5.91 Å². The molecule has 1 aromatic carbocycles. The van der Waals surface area contributed by atoms with E-state index in [1.165, 1.54) is 24.8 Å². The highest BCUT2D eigenvalue weighted by Gasteiger charge is 2.43. The van der Waals surface area contributed by atoms with Gasteiger partial charge in [-0.05, 0) is 52.1 Å². The van der Waals surface area contributed by atoms with Crippen LogP contribution in [0.1, 0.15) is 49.3 Å². The Hall–Kier alpha value is -2.21. The van der Waals surface area contributed by atoms with E-state index in [1.807, 2.05) is 13.8 Å². The SMILES string of the molecule is Cc1nc(C)n(CC(=O)N2CCCCC[C@@H]3[C@@H]2C[C@@H](Cc2ccccc2)N3C)n1. The van der Waals surface area contributed by atoms with Gasteiger partial charge >= 0.3 is 0 Å². The molecule has 0 saturated carbocycles. The van der Waals surface area contributed by atoms with Gasteiger partial charge in [0.15, 0.2) is 0 Å². The van der Waals surface area contributed by atoms with E-state index in [-0.39, 0.29) is 5.91 Å². The van der Waals surface area contributed by atoms with Crippen LogP contribution >= 0.6 is 0 Å². The molecule has 0 radical (unpaired) electrons. The van der Waals surface area contributed by atoms with Crippen LogP contribution in [-0.4, -0.2) is 62.2 Å². The van der Waals surface area contributed by atoms with Gasteiger partial charge in [-0.2, -0.15) is 5.10 Å². The van der Waals surface area contributed by atoms with Crippen molar-refractivity contribution in [1.29, 1.82) is 0 Å². The highest BCUT2D eigenvalue weighted by atomic mass is 16.2. The summed E-state index contributed by atoms with van der Waals surface area (Å²) in [7, 11) is 2.26. The maximum absolute atomic E-state index is 13.3. The van der Waals surface area contributed by atoms with E-state index >= 15 is 0 Å². The lowest BCUT2D eigenvalue weighted by molar-refractivity contribution is -0.135. The van der Waals surface area contributed by atoms with E-state index in [0.717, 1.165) is 37.5 Å². The number of hydrogen-bond acceptors (Lipinski definition) is 4. The van der Waals surface area contributed by atoms with Crippen LogP contribution in [0.4, 0.5) is 0 Å². The van der Waals surface area contributed by atoms with Gasteiger partial charge < -0.3 is 4.90 Å². The van der Waals surface area contributed by atoms with Crippen molar-refractivity contribution in [2.75, 3.05) is 13.6 Å². The fourth-order valence-corrected chi connectivity index (χ4v) is 5.21. The highest BCUT2D eigenvalue weighted by molar-refractivity contribution is 5.76. The fourth-order valence-electron chi connectivity index (χ4n) is 5.21. The lowest BCUT2D eigenvalue weighted by Gasteiger charge is -2.36. The van der Waals surface area contributed by atoms with Gasteiger partial charge in [-0.25, -0.2) is 9.67 Å². The number of benzene rings is 1. The first-order valence-electron chi connectivity index (χ1n) is 11.0. The molecule has 29 heavy (non-hydrogen) atoms. The van der Waals surface area contributed by atoms with Crippen molar-refractivity contribution in [2.24, 2.45) is 0 Å². The second-order valence-corrected chi connectivity index (χ2v) is 8.68. The average Bonchev–Trinajstić information content (AvgIpc) is 3.15. The van der Waals surface area contributed by atoms with Gasteiger partial charge in [0.1, 0.15) is 18.2 Å². The molecule has 3 atom stereocenters. The standard InChI is InChI=1S/C23H33N5O/c1-17-24-18(2)28(25-17)16-23(29)27-13-9-5-8-12-21-22(27)15-20(26(21)3)14-19-10-6-4-7-11-19/h4,6-7,10-11,20-22H,5,8-9,12-16H2,1-3H3/t20-,21-,22+/m1/s1. The molecule has 156 valence electrons. The van der Waals surface area contributed by atoms with Gasteiger partial charge in [-0.1, -0.05) is 43.2 Å². The Kier molecular flexibility index (Phi) is 5.99. The normalized spacial score (nSPS) is 25.5. The summed E-state index contributed by atoms with van der Waals surface area (Å²) in [6, 6.07) is 12.0. The predicted molar refractivity (Wildman–Crippen MR) is 114 cm³/mol. The van der Waals surface area contributed by atoms with Crippen LogP contribution in [0.15, 0.2) is 30.3 Å². The summed E-state index contributed by atoms with van der Waals surface area (Å²) in [5.74, 6) is 1.72. The zero-order valence-electron chi connectivity index (χ0n) is 17.9. The Balaban J connectivity index is 1.52. The topological polar surface area (TPSA) is 54.3 Å². The van der Waals surface area contributed by atoms with Gasteiger partial charge in [0.05, 0.1) is 0 Å². The van der Waals surface area contributed by atoms with Crippen molar-refractivity contribution in [2.45, 2.75) is 77.0 Å². The lowest BCUT2D eigenvalue weighted by atomic mass is 9.96. The second-order valence-electron chi connectivity index (χ2n) is 8.68. The number of rotatable bonds is 4. The molecule has 4 rings (SSSR count). The average molecular weight is 396 g/mol. The first kappa shape index (κ1) is 20.1. The maximum atomic E-state index is 13.3. The Morgan fingerprint density at radius 1 is 1.10 bits per heavy atom. The fraction of sp³-hybridized carbons (Fsp3) is 0.609. The van der Waals surface area contributed by atoms with Gasteiger partial charge in [-0.3, -0.25) is 9.69 Å². The van der Waals surface area contributed by atoms with E-state index in [4.69, 9.17) is 0 Å². The number of fused-ring (bicyclic) bond motifs is 1. The number of aromatic nitrogens is 3. The van der Waals surface area contributed by atoms with E-state index in [2.05, 4.69) is 57.3 Å². The monoisotopic (exact) mass is 395 g/mol. The molecule has 0 spiro atoms. The molecule has 2 aliphatic rings. The third-order valence-corrected chi connectivity index (χ3v) is 6.74. The van der Waals surface area contributed by atoms with Gasteiger partial charge in [0.25, 0.3) is 0 Å². The number of carbonyl (C=O) groups is 1. The Bertz CT molecular complexity index is 833. The summed E-state index contributed by atoms with van der Waals surface area (Å²) in [5.41, 5.74) is 1.38. The Morgan fingerprint density at radius 3 is 2.62 bits per heavy atom. The summed E-state index contributed by atoms with van der Waals surface area (Å²) in [6.45, 7) is 4.95. The molecule has 1 amide bonds. The molecule has 2 fully saturated rings. The quantitative estimate of drug-likeness (QED) is 0.799. The van der Waals surface area contributed by atoms with Crippen molar-refractivity contribution in [3.63, 3.8) is 0 Å². The molecular formula is C23H33N5O. The van der Waals surface area contributed by atoms with Gasteiger partial charge in [0, 0.05) is 24.7 Å². The summed E-state index contributed by atoms with van der Waals surface area (Å²) in [4.78, 5) is 22.4. The molecular weight excluding hydrogens is 362 g/mol. The van der Waals surface area contributed by atoms with Crippen molar-refractivity contribution < 1.29 is 4.79 Å². The number of likely N-dealkylation sites (tertiary alicyclic amines) is 2. The Labute approximate surface area is 173 Å². The van der Waals surface area contributed by atoms with Crippen LogP contribution in [0, 0.1) is 13.8 Å². The van der Waals surface area contributed by atoms with Crippen molar-refractivity contribution in [1.82, 2.24) is 24.6 Å². The summed E-state index contributed by atoms with van der Waals surface area (Å²) >= 11 is 0. The molecule has 0 N–H and O–H groups in total. The van der Waals surface area contributed by atoms with E-state index in [1.54, 1.807) is 4.68 Å². The third kappa shape index (κ3) is 4.37. The molecule has 2 saturated heterocycles. The second kappa shape index (κ2) is 8.66. The minimum Gasteiger partial charge on any atom is -0.336 e. The van der Waals surface area contributed by atoms with Crippen LogP contribution in [0.5, 0.6) is 0 Å². The maximum Gasteiger partial charge on any atom is 0.244 e. The van der Waals surface area contributed by atoms with Crippen molar-refractivity contribution in [3.05, 3.63) is 47.5 Å². The molecule has 0 aliphatic carbocycles. The molecule has 6 heteroatoms. The summed E-state index contributed by atoms with van der Waals surface area (Å²) < 4.78 is 1.76. The first-order chi connectivity index (χ1) is 14.0. The summed E-state index contributed by atoms with van der Waals surface area (Å²) in [6.07, 6.45) is 6.83. The summed E-state index contributed by atoms with van der Waals surface area (Å²) in [5, 5.41) is 4.41. The molecule has 0 unspecified atom stereocenters. The molecule has 3 heterocycles. The highest BCUT2D eigenvalue weighted by Crippen LogP contribution is 2.34. The van der Waals surface area contributed by atoms with Gasteiger partial charge in [0.2, 0.25) is 5.91 Å². The van der Waals surface area contributed by atoms with Gasteiger partial charge in [-0.15, -0.1) is 0 Å². The minimum atomic E-state index is 0.184. The zero-order valence-corrected chi connectivity index (χ0v) is 17.9. The van der Waals surface area contributed by atoms with Crippen LogP contribution in [-0.2, 0) is 17.8 Å². The minimum absolute atomic E-state index is 0.184. The van der Waals surface area contributed by atoms with Crippen LogP contribution in [0.3, 0.4) is 0 Å². The molecule has 6 nitrogen and oxygen atoms in total. The van der Waals surface area contributed by atoms with Crippen LogP contribution < -0.4 is 0 Å². The number of aryl methyl sites for hydroxylation is 2. The van der Waals surface area contributed by atoms with E-state index < -0.39 is 0 Å². The lowest BCUT2D eigenvalue weighted by Crippen LogP contribution is -2.49.